The van der Waals surface area contributed by atoms with Gasteiger partial charge in [-0.2, -0.15) is 0 Å². The molecule has 1 heteroatoms. The highest BCUT2D eigenvalue weighted by atomic mass is 32.1. The van der Waals surface area contributed by atoms with E-state index in [2.05, 4.69) is 121 Å². The van der Waals surface area contributed by atoms with Gasteiger partial charge in [0, 0.05) is 26.4 Å². The van der Waals surface area contributed by atoms with Gasteiger partial charge in [0.05, 0.1) is 0 Å². The van der Waals surface area contributed by atoms with Crippen LogP contribution in [-0.4, -0.2) is 0 Å². The molecule has 174 valence electrons. The average Bonchev–Trinajstić information content (AvgIpc) is 3.37. The van der Waals surface area contributed by atoms with E-state index in [1.54, 1.807) is 0 Å². The molecule has 6 aromatic rings. The number of hydrogen-bond acceptors (Lipinski definition) is 1. The van der Waals surface area contributed by atoms with Gasteiger partial charge in [0.2, 0.25) is 0 Å². The topological polar surface area (TPSA) is 0 Å². The number of hydrogen-bond donors (Lipinski definition) is 0. The fourth-order valence-corrected chi connectivity index (χ4v) is 6.97. The first-order valence-electron chi connectivity index (χ1n) is 12.8. The maximum absolute atomic E-state index is 3.33. The Morgan fingerprint density at radius 1 is 0.595 bits per heavy atom. The molecule has 0 saturated carbocycles. The summed E-state index contributed by atoms with van der Waals surface area (Å²) in [5, 5.41) is 2.60. The first kappa shape index (κ1) is 21.9. The number of benzene rings is 4. The van der Waals surface area contributed by atoms with E-state index >= 15 is 0 Å². The summed E-state index contributed by atoms with van der Waals surface area (Å²) in [4.78, 5) is 2.73. The van der Waals surface area contributed by atoms with E-state index in [1.165, 1.54) is 59.5 Å². The lowest BCUT2D eigenvalue weighted by Crippen LogP contribution is -1.94. The summed E-state index contributed by atoms with van der Waals surface area (Å²) in [6, 6.07) is 45.5. The molecule has 0 amide bonds. The minimum absolute atomic E-state index is 1.07. The van der Waals surface area contributed by atoms with Gasteiger partial charge >= 0.3 is 0 Å². The lowest BCUT2D eigenvalue weighted by Gasteiger charge is -2.13. The maximum Gasteiger partial charge on any atom is 0.0430 e. The van der Waals surface area contributed by atoms with Crippen molar-refractivity contribution in [1.29, 1.82) is 0 Å². The van der Waals surface area contributed by atoms with Crippen LogP contribution in [0.15, 0.2) is 115 Å². The van der Waals surface area contributed by atoms with Gasteiger partial charge in [-0.1, -0.05) is 121 Å². The van der Waals surface area contributed by atoms with Gasteiger partial charge in [-0.25, -0.2) is 0 Å². The standard InChI is InChI=1S/C36H24S/c1-3-13-25(14-4-1)27-21-11-23-30-29(27)22-12-24-32(30)36-34-20-10-9-19-33(34)35(37-36)31-18-8-7-17-28(31)26-15-5-2-6-16-26/h1-5,7-8,10-15,17-18,20-24H,9,19H2. The van der Waals surface area contributed by atoms with Crippen LogP contribution in [0, 0.1) is 12.1 Å². The van der Waals surface area contributed by atoms with Crippen molar-refractivity contribution in [2.45, 2.75) is 12.8 Å². The molecule has 5 aromatic carbocycles. The lowest BCUT2D eigenvalue weighted by atomic mass is 9.90. The second-order valence-corrected chi connectivity index (χ2v) is 10.4. The first-order chi connectivity index (χ1) is 18.4. The average molecular weight is 489 g/mol. The van der Waals surface area contributed by atoms with E-state index in [0.717, 1.165) is 18.4 Å². The van der Waals surface area contributed by atoms with Gasteiger partial charge in [0.15, 0.2) is 0 Å². The van der Waals surface area contributed by atoms with Crippen molar-refractivity contribution in [3.8, 4) is 43.1 Å². The highest BCUT2D eigenvalue weighted by Crippen LogP contribution is 2.49. The Labute approximate surface area is 222 Å². The fraction of sp³-hybridized carbons (Fsp3) is 0.0556. The molecular formula is C36H24S. The van der Waals surface area contributed by atoms with Crippen molar-refractivity contribution < 1.29 is 0 Å². The molecule has 1 aliphatic rings. The van der Waals surface area contributed by atoms with Crippen LogP contribution in [0.25, 0.3) is 60.0 Å². The highest BCUT2D eigenvalue weighted by molar-refractivity contribution is 7.19. The van der Waals surface area contributed by atoms with Gasteiger partial charge in [-0.05, 0) is 63.6 Å². The Balaban J connectivity index is 1.46. The maximum atomic E-state index is 3.33. The van der Waals surface area contributed by atoms with Crippen LogP contribution in [0.3, 0.4) is 0 Å². The molecule has 0 spiro atoms. The molecule has 0 unspecified atom stereocenters. The summed E-state index contributed by atoms with van der Waals surface area (Å²) >= 11 is 1.93. The molecule has 1 heterocycles. The van der Waals surface area contributed by atoms with Crippen LogP contribution in [0.5, 0.6) is 0 Å². The van der Waals surface area contributed by atoms with Crippen LogP contribution >= 0.6 is 11.3 Å². The predicted octanol–water partition coefficient (Wildman–Crippen LogP) is 10.1. The van der Waals surface area contributed by atoms with Crippen molar-refractivity contribution in [2.24, 2.45) is 0 Å². The van der Waals surface area contributed by atoms with Gasteiger partial charge in [-0.15, -0.1) is 11.3 Å². The molecule has 0 aliphatic heterocycles. The fourth-order valence-electron chi connectivity index (χ4n) is 5.55. The molecule has 1 aromatic heterocycles. The van der Waals surface area contributed by atoms with Crippen molar-refractivity contribution >= 4 is 28.2 Å². The monoisotopic (exact) mass is 488 g/mol. The van der Waals surface area contributed by atoms with Gasteiger partial charge in [-0.3, -0.25) is 0 Å². The van der Waals surface area contributed by atoms with E-state index in [4.69, 9.17) is 0 Å². The number of thiophene rings is 1. The summed E-state index contributed by atoms with van der Waals surface area (Å²) in [5.41, 5.74) is 10.3. The van der Waals surface area contributed by atoms with E-state index < -0.39 is 0 Å². The number of allylic oxidation sites excluding steroid dienone is 1. The molecular weight excluding hydrogens is 464 g/mol. The van der Waals surface area contributed by atoms with Crippen LogP contribution in [0.2, 0.25) is 0 Å². The Kier molecular flexibility index (Phi) is 5.47. The lowest BCUT2D eigenvalue weighted by molar-refractivity contribution is 0.996. The Hall–Kier alpha value is -4.38. The van der Waals surface area contributed by atoms with Crippen LogP contribution in [0.4, 0.5) is 0 Å². The zero-order valence-electron chi connectivity index (χ0n) is 20.4. The van der Waals surface area contributed by atoms with E-state index in [9.17, 15) is 0 Å². The van der Waals surface area contributed by atoms with E-state index in [-0.39, 0.29) is 0 Å². The number of fused-ring (bicyclic) bond motifs is 2. The van der Waals surface area contributed by atoms with Crippen molar-refractivity contribution in [3.05, 3.63) is 139 Å². The van der Waals surface area contributed by atoms with Crippen LogP contribution in [0.1, 0.15) is 17.5 Å². The largest absolute Gasteiger partial charge is 0.134 e. The second-order valence-electron chi connectivity index (χ2n) is 9.42. The van der Waals surface area contributed by atoms with E-state index in [0.29, 0.717) is 0 Å². The summed E-state index contributed by atoms with van der Waals surface area (Å²) < 4.78 is 0. The molecule has 0 N–H and O–H groups in total. The zero-order chi connectivity index (χ0) is 24.6. The zero-order valence-corrected chi connectivity index (χ0v) is 21.2. The number of rotatable bonds is 4. The van der Waals surface area contributed by atoms with Crippen molar-refractivity contribution in [1.82, 2.24) is 0 Å². The third-order valence-corrected chi connectivity index (χ3v) is 8.57. The quantitative estimate of drug-likeness (QED) is 0.231. The van der Waals surface area contributed by atoms with Crippen molar-refractivity contribution in [3.63, 3.8) is 0 Å². The van der Waals surface area contributed by atoms with Crippen molar-refractivity contribution in [2.75, 3.05) is 0 Å². The SMILES string of the molecule is c1cccc(-c2ccccc2-c2sc(-c3cccc4c(-c5ccccc5)cccc34)c3c2CCC=C3)c#1. The van der Waals surface area contributed by atoms with Crippen LogP contribution < -0.4 is 0 Å². The first-order valence-corrected chi connectivity index (χ1v) is 13.6. The molecule has 0 saturated heterocycles. The summed E-state index contributed by atoms with van der Waals surface area (Å²) in [7, 11) is 0. The molecule has 37 heavy (non-hydrogen) atoms. The molecule has 0 radical (unpaired) electrons. The normalized spacial score (nSPS) is 12.3. The third kappa shape index (κ3) is 3.78. The van der Waals surface area contributed by atoms with Gasteiger partial charge < -0.3 is 0 Å². The van der Waals surface area contributed by atoms with Gasteiger partial charge in [0.25, 0.3) is 0 Å². The Bertz CT molecular complexity index is 1750. The predicted molar refractivity (Wildman–Crippen MR) is 159 cm³/mol. The molecule has 0 nitrogen and oxygen atoms in total. The smallest absolute Gasteiger partial charge is 0.0430 e. The summed E-state index contributed by atoms with van der Waals surface area (Å²) in [5.74, 6) is 0. The molecule has 1 aliphatic carbocycles. The second kappa shape index (κ2) is 9.25. The molecule has 0 fully saturated rings. The third-order valence-electron chi connectivity index (χ3n) is 7.26. The molecule has 0 atom stereocenters. The summed E-state index contributed by atoms with van der Waals surface area (Å²) in [6.45, 7) is 0. The molecule has 0 bridgehead atoms. The van der Waals surface area contributed by atoms with Crippen LogP contribution in [-0.2, 0) is 6.42 Å². The Morgan fingerprint density at radius 2 is 1.32 bits per heavy atom. The minimum Gasteiger partial charge on any atom is -0.134 e. The highest BCUT2D eigenvalue weighted by Gasteiger charge is 2.23. The minimum atomic E-state index is 1.07. The Morgan fingerprint density at radius 3 is 2.14 bits per heavy atom. The summed E-state index contributed by atoms with van der Waals surface area (Å²) in [6.07, 6.45) is 6.82. The van der Waals surface area contributed by atoms with E-state index in [1.807, 2.05) is 23.5 Å². The van der Waals surface area contributed by atoms with Gasteiger partial charge in [0.1, 0.15) is 0 Å². The molecule has 7 rings (SSSR count).